The molecule has 1 aliphatic rings. The standard InChI is InChI=1S/C36H42FN5O5/c1-23-17-24(2)33(25(3)18-23)47-36(43)42(21-27-10-7-11-31(44-5)34(27)45-6)32-14-15-38-35(40-32)39-28-12-13-30(29(37)19-28)46-22-26-9-8-16-41(4)20-26/h7,10-15,17-19,26H,8-9,16,20-22H2,1-6H3,(H,38,39,40). The van der Waals surface area contributed by atoms with Crippen molar-refractivity contribution in [2.24, 2.45) is 5.92 Å². The van der Waals surface area contributed by atoms with Gasteiger partial charge in [0.1, 0.15) is 11.6 Å². The molecular weight excluding hydrogens is 601 g/mol. The molecule has 248 valence electrons. The Bertz CT molecular complexity index is 1690. The molecule has 1 aliphatic heterocycles. The van der Waals surface area contributed by atoms with Crippen LogP contribution in [0, 0.1) is 32.5 Å². The summed E-state index contributed by atoms with van der Waals surface area (Å²) in [5.74, 6) is 1.98. The Morgan fingerprint density at radius 3 is 2.51 bits per heavy atom. The van der Waals surface area contributed by atoms with Gasteiger partial charge in [-0.2, -0.15) is 4.98 Å². The number of benzene rings is 3. The van der Waals surface area contributed by atoms with Crippen molar-refractivity contribution in [3.05, 3.63) is 88.9 Å². The van der Waals surface area contributed by atoms with Gasteiger partial charge in [0.25, 0.3) is 0 Å². The molecule has 1 N–H and O–H groups in total. The highest BCUT2D eigenvalue weighted by molar-refractivity contribution is 5.88. The maximum atomic E-state index is 15.1. The first-order valence-corrected chi connectivity index (χ1v) is 15.6. The van der Waals surface area contributed by atoms with Crippen LogP contribution in [0.3, 0.4) is 0 Å². The second-order valence-electron chi connectivity index (χ2n) is 11.9. The van der Waals surface area contributed by atoms with Gasteiger partial charge in [0.15, 0.2) is 23.1 Å². The summed E-state index contributed by atoms with van der Waals surface area (Å²) in [5, 5.41) is 3.05. The average Bonchev–Trinajstić information content (AvgIpc) is 3.04. The third-order valence-electron chi connectivity index (χ3n) is 8.13. The lowest BCUT2D eigenvalue weighted by Crippen LogP contribution is -2.34. The largest absolute Gasteiger partial charge is 0.493 e. The van der Waals surface area contributed by atoms with Crippen LogP contribution in [0.1, 0.15) is 35.1 Å². The van der Waals surface area contributed by atoms with E-state index in [2.05, 4.69) is 27.2 Å². The first-order chi connectivity index (χ1) is 22.6. The molecule has 10 nitrogen and oxygen atoms in total. The number of nitrogens with zero attached hydrogens (tertiary/aromatic N) is 4. The Labute approximate surface area is 275 Å². The highest BCUT2D eigenvalue weighted by Crippen LogP contribution is 2.34. The van der Waals surface area contributed by atoms with Gasteiger partial charge in [0.2, 0.25) is 5.95 Å². The van der Waals surface area contributed by atoms with E-state index < -0.39 is 11.9 Å². The number of amides is 1. The number of carbonyl (C=O) groups is 1. The molecule has 1 fully saturated rings. The Morgan fingerprint density at radius 1 is 1.02 bits per heavy atom. The number of ether oxygens (including phenoxy) is 4. The monoisotopic (exact) mass is 643 g/mol. The lowest BCUT2D eigenvalue weighted by Gasteiger charge is -2.29. The van der Waals surface area contributed by atoms with E-state index in [1.54, 1.807) is 38.5 Å². The third kappa shape index (κ3) is 8.28. The molecular formula is C36H42FN5O5. The van der Waals surface area contributed by atoms with E-state index in [0.29, 0.717) is 41.0 Å². The molecule has 1 aromatic heterocycles. The topological polar surface area (TPSA) is 98.3 Å². The molecule has 0 spiro atoms. The van der Waals surface area contributed by atoms with Crippen molar-refractivity contribution in [2.75, 3.05) is 51.2 Å². The first-order valence-electron chi connectivity index (χ1n) is 15.6. The number of aryl methyl sites for hydroxylation is 3. The molecule has 2 heterocycles. The van der Waals surface area contributed by atoms with E-state index in [4.69, 9.17) is 18.9 Å². The number of methoxy groups -OCH3 is 2. The van der Waals surface area contributed by atoms with Crippen molar-refractivity contribution in [2.45, 2.75) is 40.2 Å². The van der Waals surface area contributed by atoms with Gasteiger partial charge in [-0.05, 0) is 82.6 Å². The molecule has 47 heavy (non-hydrogen) atoms. The molecule has 0 saturated carbocycles. The molecule has 1 saturated heterocycles. The Balaban J connectivity index is 1.39. The van der Waals surface area contributed by atoms with Gasteiger partial charge >= 0.3 is 6.09 Å². The number of hydrogen-bond acceptors (Lipinski definition) is 9. The van der Waals surface area contributed by atoms with Crippen LogP contribution < -0.4 is 29.2 Å². The normalized spacial score (nSPS) is 14.7. The summed E-state index contributed by atoms with van der Waals surface area (Å²) < 4.78 is 38.0. The van der Waals surface area contributed by atoms with Crippen LogP contribution in [-0.4, -0.2) is 61.9 Å². The number of hydrogen-bond donors (Lipinski definition) is 1. The van der Waals surface area contributed by atoms with Crippen molar-refractivity contribution in [3.63, 3.8) is 0 Å². The summed E-state index contributed by atoms with van der Waals surface area (Å²) in [4.78, 5) is 26.5. The number of anilines is 3. The SMILES string of the molecule is COc1cccc(CN(C(=O)Oc2c(C)cc(C)cc2C)c2ccnc(Nc3ccc(OCC4CCCN(C)C4)c(F)c3)n2)c1OC. The van der Waals surface area contributed by atoms with Crippen LogP contribution >= 0.6 is 0 Å². The van der Waals surface area contributed by atoms with Crippen LogP contribution in [-0.2, 0) is 6.54 Å². The van der Waals surface area contributed by atoms with Crippen LogP contribution in [0.15, 0.2) is 60.8 Å². The number of nitrogens with one attached hydrogen (secondary N) is 1. The molecule has 11 heteroatoms. The van der Waals surface area contributed by atoms with E-state index in [0.717, 1.165) is 42.6 Å². The zero-order chi connectivity index (χ0) is 33.5. The summed E-state index contributed by atoms with van der Waals surface area (Å²) in [6, 6.07) is 15.6. The fourth-order valence-corrected chi connectivity index (χ4v) is 5.96. The smallest absolute Gasteiger partial charge is 0.421 e. The molecule has 0 bridgehead atoms. The molecule has 1 unspecified atom stereocenters. The predicted octanol–water partition coefficient (Wildman–Crippen LogP) is 7.23. The van der Waals surface area contributed by atoms with Gasteiger partial charge in [-0.25, -0.2) is 14.2 Å². The van der Waals surface area contributed by atoms with E-state index in [9.17, 15) is 4.79 Å². The molecule has 0 aliphatic carbocycles. The Hall–Kier alpha value is -4.90. The molecule has 5 rings (SSSR count). The lowest BCUT2D eigenvalue weighted by atomic mass is 10.00. The summed E-state index contributed by atoms with van der Waals surface area (Å²) in [7, 11) is 5.18. The van der Waals surface area contributed by atoms with Crippen molar-refractivity contribution < 1.29 is 28.1 Å². The number of halogens is 1. The second kappa shape index (κ2) is 15.1. The first kappa shape index (κ1) is 33.5. The quantitative estimate of drug-likeness (QED) is 0.182. The van der Waals surface area contributed by atoms with E-state index in [1.165, 1.54) is 17.2 Å². The van der Waals surface area contributed by atoms with Gasteiger partial charge in [-0.3, -0.25) is 4.90 Å². The number of likely N-dealkylation sites (tertiary alicyclic amines) is 1. The van der Waals surface area contributed by atoms with E-state index >= 15 is 4.39 Å². The zero-order valence-electron chi connectivity index (χ0n) is 27.8. The van der Waals surface area contributed by atoms with Gasteiger partial charge < -0.3 is 29.2 Å². The van der Waals surface area contributed by atoms with Crippen molar-refractivity contribution in [1.82, 2.24) is 14.9 Å². The third-order valence-corrected chi connectivity index (χ3v) is 8.13. The Morgan fingerprint density at radius 2 is 1.81 bits per heavy atom. The summed E-state index contributed by atoms with van der Waals surface area (Å²) in [6.45, 7) is 8.32. The van der Waals surface area contributed by atoms with E-state index in [1.807, 2.05) is 45.0 Å². The van der Waals surface area contributed by atoms with Gasteiger partial charge in [0, 0.05) is 36.0 Å². The molecule has 3 aromatic carbocycles. The van der Waals surface area contributed by atoms with Gasteiger partial charge in [0.05, 0.1) is 27.4 Å². The fourth-order valence-electron chi connectivity index (χ4n) is 5.96. The summed E-state index contributed by atoms with van der Waals surface area (Å²) in [6.07, 6.45) is 3.05. The number of carbonyl (C=O) groups excluding carboxylic acids is 1. The minimum atomic E-state index is -0.647. The molecule has 1 amide bonds. The molecule has 1 atom stereocenters. The summed E-state index contributed by atoms with van der Waals surface area (Å²) in [5.41, 5.74) is 3.84. The Kier molecular flexibility index (Phi) is 10.8. The van der Waals surface area contributed by atoms with Crippen molar-refractivity contribution >= 4 is 23.5 Å². The molecule has 4 aromatic rings. The second-order valence-corrected chi connectivity index (χ2v) is 11.9. The van der Waals surface area contributed by atoms with E-state index in [-0.39, 0.29) is 24.1 Å². The number of aromatic nitrogens is 2. The predicted molar refractivity (Wildman–Crippen MR) is 180 cm³/mol. The maximum Gasteiger partial charge on any atom is 0.421 e. The lowest BCUT2D eigenvalue weighted by molar-refractivity contribution is 0.147. The number of piperidine rings is 1. The van der Waals surface area contributed by atoms with Crippen LogP contribution in [0.25, 0.3) is 0 Å². The highest BCUT2D eigenvalue weighted by atomic mass is 19.1. The van der Waals surface area contributed by atoms with Crippen molar-refractivity contribution in [3.8, 4) is 23.0 Å². The maximum absolute atomic E-state index is 15.1. The van der Waals surface area contributed by atoms with Crippen LogP contribution in [0.5, 0.6) is 23.0 Å². The van der Waals surface area contributed by atoms with Crippen LogP contribution in [0.4, 0.5) is 26.6 Å². The van der Waals surface area contributed by atoms with Crippen molar-refractivity contribution in [1.29, 1.82) is 0 Å². The number of para-hydroxylation sites is 1. The fraction of sp³-hybridized carbons (Fsp3) is 0.361. The van der Waals surface area contributed by atoms with Gasteiger partial charge in [-0.1, -0.05) is 29.8 Å². The molecule has 0 radical (unpaired) electrons. The van der Waals surface area contributed by atoms with Gasteiger partial charge in [-0.15, -0.1) is 0 Å². The minimum Gasteiger partial charge on any atom is -0.493 e. The average molecular weight is 644 g/mol. The summed E-state index contributed by atoms with van der Waals surface area (Å²) >= 11 is 0. The van der Waals surface area contributed by atoms with Crippen LogP contribution in [0.2, 0.25) is 0 Å². The zero-order valence-corrected chi connectivity index (χ0v) is 27.8. The number of rotatable bonds is 11. The highest BCUT2D eigenvalue weighted by Gasteiger charge is 2.25. The minimum absolute atomic E-state index is 0.0526.